The molecule has 1 aliphatic heterocycles. The number of hydrogen-bond donors (Lipinski definition) is 3. The van der Waals surface area contributed by atoms with E-state index in [9.17, 15) is 24.9 Å². The van der Waals surface area contributed by atoms with E-state index in [0.717, 1.165) is 18.9 Å². The van der Waals surface area contributed by atoms with Crippen LogP contribution in [-0.4, -0.2) is 58.3 Å². The number of phenolic OH excluding ortho intramolecular Hbond substituents is 2. The normalized spacial score (nSPS) is 25.9. The molecular weight excluding hydrogens is 344 g/mol. The lowest BCUT2D eigenvalue weighted by Gasteiger charge is -2.36. The molecule has 0 saturated carbocycles. The van der Waals surface area contributed by atoms with Crippen LogP contribution < -0.4 is 0 Å². The zero-order valence-electron chi connectivity index (χ0n) is 15.0. The van der Waals surface area contributed by atoms with E-state index >= 15 is 0 Å². The zero-order chi connectivity index (χ0) is 19.4. The summed E-state index contributed by atoms with van der Waals surface area (Å²) in [6.45, 7) is 5.29. The second-order valence-corrected chi connectivity index (χ2v) is 6.26. The summed E-state index contributed by atoms with van der Waals surface area (Å²) >= 11 is 0. The molecule has 4 atom stereocenters. The third kappa shape index (κ3) is 4.32. The summed E-state index contributed by atoms with van der Waals surface area (Å²) in [5, 5.41) is 29.3. The number of aliphatic hydroxyl groups excluding tert-OH is 1. The first-order valence-corrected chi connectivity index (χ1v) is 8.48. The predicted molar refractivity (Wildman–Crippen MR) is 89.9 cm³/mol. The number of hydrogen-bond acceptors (Lipinski definition) is 8. The number of aromatic hydroxyl groups is 2. The molecule has 1 aromatic rings. The quantitative estimate of drug-likeness (QED) is 0.509. The number of benzene rings is 1. The molecule has 8 heteroatoms. The van der Waals surface area contributed by atoms with Crippen LogP contribution in [0.2, 0.25) is 0 Å². The highest BCUT2D eigenvalue weighted by Gasteiger charge is 2.46. The van der Waals surface area contributed by atoms with Crippen molar-refractivity contribution in [1.29, 1.82) is 0 Å². The van der Waals surface area contributed by atoms with Crippen LogP contribution in [0.3, 0.4) is 0 Å². The summed E-state index contributed by atoms with van der Waals surface area (Å²) in [4.78, 5) is 24.8. The Bertz CT molecular complexity index is 648. The van der Waals surface area contributed by atoms with Gasteiger partial charge in [0.1, 0.15) is 23.2 Å². The molecule has 1 aromatic carbocycles. The molecule has 2 rings (SSSR count). The van der Waals surface area contributed by atoms with Crippen molar-refractivity contribution < 1.29 is 39.1 Å². The van der Waals surface area contributed by atoms with Gasteiger partial charge in [-0.15, -0.1) is 0 Å². The standard InChI is InChI=1S/C18H24O8/c1-4-5-6-24-18-16(15(22)14(21)10(3)25-18)26-17(23)13-9(2)7-11(19)8-12(13)20/h7-8,10,14,16,18-21H,4-6H2,1-3H3. The first kappa shape index (κ1) is 20.2. The maximum absolute atomic E-state index is 12.5. The van der Waals surface area contributed by atoms with E-state index in [1.165, 1.54) is 19.9 Å². The summed E-state index contributed by atoms with van der Waals surface area (Å²) in [5.74, 6) is -2.39. The highest BCUT2D eigenvalue weighted by molar-refractivity contribution is 5.97. The zero-order valence-corrected chi connectivity index (χ0v) is 15.0. The van der Waals surface area contributed by atoms with Gasteiger partial charge in [0.25, 0.3) is 0 Å². The second-order valence-electron chi connectivity index (χ2n) is 6.26. The Morgan fingerprint density at radius 3 is 2.62 bits per heavy atom. The van der Waals surface area contributed by atoms with Gasteiger partial charge >= 0.3 is 5.97 Å². The molecular formula is C18H24O8. The Kier molecular flexibility index (Phi) is 6.57. The van der Waals surface area contributed by atoms with Crippen molar-refractivity contribution in [2.45, 2.75) is 58.2 Å². The number of phenols is 2. The fourth-order valence-corrected chi connectivity index (χ4v) is 2.66. The molecule has 0 amide bonds. The number of aliphatic hydroxyl groups is 1. The van der Waals surface area contributed by atoms with Crippen molar-refractivity contribution in [1.82, 2.24) is 0 Å². The average molecular weight is 368 g/mol. The fraction of sp³-hybridized carbons (Fsp3) is 0.556. The van der Waals surface area contributed by atoms with E-state index < -0.39 is 42.1 Å². The second kappa shape index (κ2) is 8.48. The van der Waals surface area contributed by atoms with Crippen LogP contribution in [-0.2, 0) is 19.0 Å². The Morgan fingerprint density at radius 2 is 2.00 bits per heavy atom. The van der Waals surface area contributed by atoms with Crippen LogP contribution in [0.25, 0.3) is 0 Å². The lowest BCUT2D eigenvalue weighted by Crippen LogP contribution is -2.56. The number of ether oxygens (including phenoxy) is 3. The van der Waals surface area contributed by atoms with Gasteiger partial charge in [-0.1, -0.05) is 13.3 Å². The number of carbonyl (C=O) groups is 2. The molecule has 0 aliphatic carbocycles. The molecule has 1 aliphatic rings. The number of Topliss-reactive ketones (excluding diaryl/α,β-unsaturated/α-hetero) is 1. The monoisotopic (exact) mass is 368 g/mol. The Labute approximate surface area is 151 Å². The van der Waals surface area contributed by atoms with Crippen LogP contribution in [0.1, 0.15) is 42.6 Å². The lowest BCUT2D eigenvalue weighted by atomic mass is 10.0. The molecule has 4 unspecified atom stereocenters. The number of aryl methyl sites for hydroxylation is 1. The van der Waals surface area contributed by atoms with Gasteiger partial charge in [0.05, 0.1) is 6.10 Å². The summed E-state index contributed by atoms with van der Waals surface area (Å²) in [5.41, 5.74) is 0.0880. The molecule has 1 heterocycles. The molecule has 3 N–H and O–H groups in total. The van der Waals surface area contributed by atoms with Gasteiger partial charge < -0.3 is 29.5 Å². The Morgan fingerprint density at radius 1 is 1.31 bits per heavy atom. The van der Waals surface area contributed by atoms with Crippen molar-refractivity contribution in [3.8, 4) is 11.5 Å². The van der Waals surface area contributed by atoms with Crippen molar-refractivity contribution in [3.05, 3.63) is 23.3 Å². The highest BCUT2D eigenvalue weighted by Crippen LogP contribution is 2.29. The third-order valence-corrected chi connectivity index (χ3v) is 4.13. The molecule has 0 aromatic heterocycles. The van der Waals surface area contributed by atoms with E-state index in [1.54, 1.807) is 0 Å². The van der Waals surface area contributed by atoms with Crippen molar-refractivity contribution in [3.63, 3.8) is 0 Å². The molecule has 0 bridgehead atoms. The summed E-state index contributed by atoms with van der Waals surface area (Å²) in [6.07, 6.45) is -3.26. The summed E-state index contributed by atoms with van der Waals surface area (Å²) in [6, 6.07) is 2.27. The number of esters is 1. The minimum Gasteiger partial charge on any atom is -0.508 e. The summed E-state index contributed by atoms with van der Waals surface area (Å²) < 4.78 is 16.2. The number of carbonyl (C=O) groups excluding carboxylic acids is 2. The molecule has 144 valence electrons. The van der Waals surface area contributed by atoms with Gasteiger partial charge in [-0.3, -0.25) is 4.79 Å². The van der Waals surface area contributed by atoms with Crippen LogP contribution in [0, 0.1) is 6.92 Å². The van der Waals surface area contributed by atoms with Crippen molar-refractivity contribution in [2.75, 3.05) is 6.61 Å². The minimum absolute atomic E-state index is 0.184. The van der Waals surface area contributed by atoms with Gasteiger partial charge in [0.2, 0.25) is 18.2 Å². The van der Waals surface area contributed by atoms with E-state index in [-0.39, 0.29) is 16.9 Å². The van der Waals surface area contributed by atoms with E-state index in [0.29, 0.717) is 6.61 Å². The van der Waals surface area contributed by atoms with Crippen LogP contribution in [0.5, 0.6) is 11.5 Å². The SMILES string of the molecule is CCCCOC1OC(C)C(O)C(=O)C1OC(=O)c1c(C)cc(O)cc1O. The topological polar surface area (TPSA) is 123 Å². The Hall–Kier alpha value is -2.16. The predicted octanol–water partition coefficient (Wildman–Crippen LogP) is 1.42. The highest BCUT2D eigenvalue weighted by atomic mass is 16.7. The molecule has 0 radical (unpaired) electrons. The van der Waals surface area contributed by atoms with Crippen molar-refractivity contribution >= 4 is 11.8 Å². The largest absolute Gasteiger partial charge is 0.508 e. The first-order chi connectivity index (χ1) is 12.3. The molecule has 26 heavy (non-hydrogen) atoms. The smallest absolute Gasteiger partial charge is 0.343 e. The van der Waals surface area contributed by atoms with Gasteiger partial charge in [0.15, 0.2) is 0 Å². The first-order valence-electron chi connectivity index (χ1n) is 8.48. The number of ketones is 1. The van der Waals surface area contributed by atoms with Gasteiger partial charge in [-0.25, -0.2) is 4.79 Å². The molecule has 1 fully saturated rings. The maximum atomic E-state index is 12.5. The minimum atomic E-state index is -1.46. The van der Waals surface area contributed by atoms with E-state index in [1.807, 2.05) is 6.92 Å². The molecule has 0 spiro atoms. The van der Waals surface area contributed by atoms with E-state index in [2.05, 4.69) is 0 Å². The Balaban J connectivity index is 2.22. The fourth-order valence-electron chi connectivity index (χ4n) is 2.66. The number of unbranched alkanes of at least 4 members (excludes halogenated alkanes) is 1. The van der Waals surface area contributed by atoms with Gasteiger partial charge in [0, 0.05) is 12.7 Å². The van der Waals surface area contributed by atoms with Gasteiger partial charge in [-0.2, -0.15) is 0 Å². The average Bonchev–Trinajstić information content (AvgIpc) is 2.55. The maximum Gasteiger partial charge on any atom is 0.343 e. The van der Waals surface area contributed by atoms with Crippen LogP contribution >= 0.6 is 0 Å². The van der Waals surface area contributed by atoms with Crippen molar-refractivity contribution in [2.24, 2.45) is 0 Å². The number of rotatable bonds is 6. The molecule has 1 saturated heterocycles. The van der Waals surface area contributed by atoms with Crippen LogP contribution in [0.4, 0.5) is 0 Å². The molecule has 8 nitrogen and oxygen atoms in total. The lowest BCUT2D eigenvalue weighted by molar-refractivity contribution is -0.247. The van der Waals surface area contributed by atoms with Gasteiger partial charge in [-0.05, 0) is 31.9 Å². The van der Waals surface area contributed by atoms with E-state index in [4.69, 9.17) is 14.2 Å². The third-order valence-electron chi connectivity index (χ3n) is 4.13. The summed E-state index contributed by atoms with van der Waals surface area (Å²) in [7, 11) is 0. The van der Waals surface area contributed by atoms with Crippen LogP contribution in [0.15, 0.2) is 12.1 Å².